The molecule has 0 radical (unpaired) electrons. The lowest BCUT2D eigenvalue weighted by molar-refractivity contribution is -0.120. The fourth-order valence-electron chi connectivity index (χ4n) is 2.47. The van der Waals surface area contributed by atoms with E-state index in [4.69, 9.17) is 9.47 Å². The molecule has 1 aromatic heterocycles. The van der Waals surface area contributed by atoms with Gasteiger partial charge in [0.1, 0.15) is 11.5 Å². The van der Waals surface area contributed by atoms with Crippen LogP contribution in [0.15, 0.2) is 53.7 Å². The van der Waals surface area contributed by atoms with Gasteiger partial charge in [0.25, 0.3) is 0 Å². The molecule has 8 heteroatoms. The topological polar surface area (TPSA) is 89.1 Å². The van der Waals surface area contributed by atoms with Gasteiger partial charge >= 0.3 is 0 Å². The van der Waals surface area contributed by atoms with Gasteiger partial charge < -0.3 is 14.8 Å². The van der Waals surface area contributed by atoms with Gasteiger partial charge in [0, 0.05) is 12.1 Å². The second-order valence-electron chi connectivity index (χ2n) is 6.02. The fraction of sp³-hybridized carbons (Fsp3) is 0.250. The minimum absolute atomic E-state index is 0.0726. The first-order valence-corrected chi connectivity index (χ1v) is 9.61. The van der Waals surface area contributed by atoms with Gasteiger partial charge in [0.05, 0.1) is 19.5 Å². The monoisotopic (exact) mass is 398 g/mol. The van der Waals surface area contributed by atoms with Crippen LogP contribution in [0.2, 0.25) is 0 Å². The molecule has 3 aromatic rings. The van der Waals surface area contributed by atoms with Crippen LogP contribution >= 0.6 is 11.8 Å². The number of hydrogen-bond acceptors (Lipinski definition) is 6. The normalized spacial score (nSPS) is 11.7. The zero-order chi connectivity index (χ0) is 19.9. The number of ether oxygens (including phenoxy) is 2. The Labute approximate surface area is 167 Å². The Balaban J connectivity index is 1.54. The molecule has 1 atom stereocenters. The average molecular weight is 398 g/mol. The second-order valence-corrected chi connectivity index (χ2v) is 7.33. The summed E-state index contributed by atoms with van der Waals surface area (Å²) in [5, 5.41) is 10.2. The van der Waals surface area contributed by atoms with Crippen molar-refractivity contribution in [3.63, 3.8) is 0 Å². The summed E-state index contributed by atoms with van der Waals surface area (Å²) < 4.78 is 10.3. The van der Waals surface area contributed by atoms with Crippen LogP contribution in [0.4, 0.5) is 0 Å². The number of aromatic amines is 1. The molecular weight excluding hydrogens is 376 g/mol. The number of benzene rings is 2. The summed E-state index contributed by atoms with van der Waals surface area (Å²) in [6.45, 7) is 2.29. The van der Waals surface area contributed by atoms with Gasteiger partial charge in [-0.15, -0.1) is 5.10 Å². The van der Waals surface area contributed by atoms with E-state index in [0.717, 1.165) is 22.6 Å². The summed E-state index contributed by atoms with van der Waals surface area (Å²) in [6, 6.07) is 15.1. The van der Waals surface area contributed by atoms with Crippen LogP contribution in [0.25, 0.3) is 11.4 Å². The van der Waals surface area contributed by atoms with Crippen molar-refractivity contribution in [1.82, 2.24) is 20.5 Å². The number of rotatable bonds is 8. The summed E-state index contributed by atoms with van der Waals surface area (Å²) in [5.74, 6) is 2.14. The molecule has 7 nitrogen and oxygen atoms in total. The van der Waals surface area contributed by atoms with Gasteiger partial charge in [-0.2, -0.15) is 0 Å². The summed E-state index contributed by atoms with van der Waals surface area (Å²) in [7, 11) is 3.25. The predicted octanol–water partition coefficient (Wildman–Crippen LogP) is 3.29. The summed E-state index contributed by atoms with van der Waals surface area (Å²) >= 11 is 1.31. The van der Waals surface area contributed by atoms with E-state index in [0.29, 0.717) is 17.5 Å². The fourth-order valence-corrected chi connectivity index (χ4v) is 3.21. The third-order valence-corrected chi connectivity index (χ3v) is 5.07. The zero-order valence-corrected chi connectivity index (χ0v) is 16.7. The molecule has 0 bridgehead atoms. The van der Waals surface area contributed by atoms with Crippen molar-refractivity contribution >= 4 is 17.7 Å². The number of nitrogens with zero attached hydrogens (tertiary/aromatic N) is 2. The van der Waals surface area contributed by atoms with Crippen LogP contribution in [-0.2, 0) is 11.3 Å². The van der Waals surface area contributed by atoms with Gasteiger partial charge in [-0.25, -0.2) is 4.98 Å². The van der Waals surface area contributed by atoms with E-state index in [1.165, 1.54) is 11.8 Å². The summed E-state index contributed by atoms with van der Waals surface area (Å²) in [6.07, 6.45) is 0. The number of carbonyl (C=O) groups is 1. The van der Waals surface area contributed by atoms with Crippen LogP contribution in [0, 0.1) is 0 Å². The molecule has 0 saturated carbocycles. The Bertz CT molecular complexity index is 910. The number of carbonyl (C=O) groups excluding carboxylic acids is 1. The molecule has 146 valence electrons. The van der Waals surface area contributed by atoms with E-state index in [1.807, 2.05) is 55.5 Å². The Morgan fingerprint density at radius 1 is 1.07 bits per heavy atom. The first-order chi connectivity index (χ1) is 13.6. The third-order valence-electron chi connectivity index (χ3n) is 4.11. The van der Waals surface area contributed by atoms with Crippen molar-refractivity contribution in [2.75, 3.05) is 14.2 Å². The highest BCUT2D eigenvalue weighted by Gasteiger charge is 2.17. The molecule has 28 heavy (non-hydrogen) atoms. The number of amides is 1. The number of H-pyrrole nitrogens is 1. The third kappa shape index (κ3) is 5.04. The highest BCUT2D eigenvalue weighted by Crippen LogP contribution is 2.24. The lowest BCUT2D eigenvalue weighted by Gasteiger charge is -2.10. The van der Waals surface area contributed by atoms with E-state index < -0.39 is 0 Å². The van der Waals surface area contributed by atoms with Crippen molar-refractivity contribution < 1.29 is 14.3 Å². The maximum absolute atomic E-state index is 12.4. The highest BCUT2D eigenvalue weighted by atomic mass is 32.2. The van der Waals surface area contributed by atoms with Gasteiger partial charge in [-0.05, 0) is 48.9 Å². The molecule has 1 heterocycles. The molecule has 0 fully saturated rings. The molecule has 2 aromatic carbocycles. The molecular formula is C20H22N4O3S. The van der Waals surface area contributed by atoms with Crippen LogP contribution in [-0.4, -0.2) is 40.6 Å². The van der Waals surface area contributed by atoms with Crippen molar-refractivity contribution in [3.8, 4) is 22.9 Å². The minimum atomic E-state index is -0.322. The van der Waals surface area contributed by atoms with Gasteiger partial charge in [0.2, 0.25) is 11.1 Å². The maximum atomic E-state index is 12.4. The molecule has 0 spiro atoms. The highest BCUT2D eigenvalue weighted by molar-refractivity contribution is 8.00. The number of nitrogens with one attached hydrogen (secondary N) is 2. The second kappa shape index (κ2) is 9.27. The Morgan fingerprint density at radius 2 is 1.68 bits per heavy atom. The predicted molar refractivity (Wildman–Crippen MR) is 109 cm³/mol. The lowest BCUT2D eigenvalue weighted by Crippen LogP contribution is -2.30. The van der Waals surface area contributed by atoms with E-state index >= 15 is 0 Å². The SMILES string of the molecule is COc1ccc(CNC(=O)C(C)Sc2n[nH]c(-c3ccc(OC)cc3)n2)cc1. The van der Waals surface area contributed by atoms with Crippen molar-refractivity contribution in [3.05, 3.63) is 54.1 Å². The number of aromatic nitrogens is 3. The average Bonchev–Trinajstić information content (AvgIpc) is 3.20. The van der Waals surface area contributed by atoms with E-state index in [1.54, 1.807) is 14.2 Å². The van der Waals surface area contributed by atoms with Crippen molar-refractivity contribution in [1.29, 1.82) is 0 Å². The number of thioether (sulfide) groups is 1. The molecule has 0 saturated heterocycles. The summed E-state index contributed by atoms with van der Waals surface area (Å²) in [5.41, 5.74) is 1.91. The van der Waals surface area contributed by atoms with Crippen LogP contribution in [0.1, 0.15) is 12.5 Å². The summed E-state index contributed by atoms with van der Waals surface area (Å²) in [4.78, 5) is 16.8. The standard InChI is InChI=1S/C20H22N4O3S/c1-13(19(25)21-12-14-4-8-16(26-2)9-5-14)28-20-22-18(23-24-20)15-6-10-17(27-3)11-7-15/h4-11,13H,12H2,1-3H3,(H,21,25)(H,22,23,24). The first-order valence-electron chi connectivity index (χ1n) is 8.73. The van der Waals surface area contributed by atoms with Gasteiger partial charge in [-0.3, -0.25) is 9.89 Å². The molecule has 0 aliphatic rings. The quantitative estimate of drug-likeness (QED) is 0.566. The molecule has 2 N–H and O–H groups in total. The molecule has 0 aliphatic carbocycles. The van der Waals surface area contributed by atoms with Gasteiger partial charge in [-0.1, -0.05) is 23.9 Å². The van der Waals surface area contributed by atoms with E-state index in [2.05, 4.69) is 20.5 Å². The smallest absolute Gasteiger partial charge is 0.233 e. The van der Waals surface area contributed by atoms with E-state index in [-0.39, 0.29) is 11.2 Å². The molecule has 1 unspecified atom stereocenters. The van der Waals surface area contributed by atoms with E-state index in [9.17, 15) is 4.79 Å². The maximum Gasteiger partial charge on any atom is 0.233 e. The Hall–Kier alpha value is -3.00. The lowest BCUT2D eigenvalue weighted by atomic mass is 10.2. The zero-order valence-electron chi connectivity index (χ0n) is 15.9. The minimum Gasteiger partial charge on any atom is -0.497 e. The van der Waals surface area contributed by atoms with Crippen molar-refractivity contribution in [2.24, 2.45) is 0 Å². The molecule has 3 rings (SSSR count). The largest absolute Gasteiger partial charge is 0.497 e. The number of hydrogen-bond donors (Lipinski definition) is 2. The van der Waals surface area contributed by atoms with Crippen LogP contribution in [0.5, 0.6) is 11.5 Å². The Kier molecular flexibility index (Phi) is 6.54. The first kappa shape index (κ1) is 19.8. The van der Waals surface area contributed by atoms with Crippen LogP contribution < -0.4 is 14.8 Å². The Morgan fingerprint density at radius 3 is 2.29 bits per heavy atom. The van der Waals surface area contributed by atoms with Gasteiger partial charge in [0.15, 0.2) is 5.82 Å². The number of methoxy groups -OCH3 is 2. The van der Waals surface area contributed by atoms with Crippen molar-refractivity contribution in [2.45, 2.75) is 23.9 Å². The van der Waals surface area contributed by atoms with Crippen LogP contribution in [0.3, 0.4) is 0 Å². The molecule has 0 aliphatic heterocycles. The molecule has 1 amide bonds.